The second-order valence-electron chi connectivity index (χ2n) is 10.1. The van der Waals surface area contributed by atoms with Crippen molar-refractivity contribution < 1.29 is 13.9 Å². The molecule has 4 aromatic heterocycles. The number of hydrogen-bond acceptors (Lipinski definition) is 2. The van der Waals surface area contributed by atoms with Gasteiger partial charge in [-0.25, -0.2) is 0 Å². The van der Waals surface area contributed by atoms with Crippen LogP contribution in [-0.2, 0) is 5.66 Å². The molecule has 10 rings (SSSR count). The Balaban J connectivity index is 1.61. The van der Waals surface area contributed by atoms with Crippen molar-refractivity contribution in [2.45, 2.75) is 12.6 Å². The van der Waals surface area contributed by atoms with Gasteiger partial charge in [-0.1, -0.05) is 18.2 Å². The van der Waals surface area contributed by atoms with Gasteiger partial charge in [0.1, 0.15) is 28.1 Å². The molecule has 0 N–H and O–H groups in total. The quantitative estimate of drug-likeness (QED) is 0.224. The van der Waals surface area contributed by atoms with Gasteiger partial charge >= 0.3 is 11.3 Å². The Bertz CT molecular complexity index is 2210. The van der Waals surface area contributed by atoms with E-state index in [1.807, 2.05) is 12.3 Å². The number of imidazole rings is 1. The van der Waals surface area contributed by atoms with Crippen molar-refractivity contribution in [2.24, 2.45) is 0 Å². The molecule has 3 aliphatic heterocycles. The summed E-state index contributed by atoms with van der Waals surface area (Å²) in [5.41, 5.74) is 11.2. The van der Waals surface area contributed by atoms with Crippen LogP contribution in [0.3, 0.4) is 0 Å². The molecule has 0 fully saturated rings. The Morgan fingerprint density at radius 1 is 0.861 bits per heavy atom. The van der Waals surface area contributed by atoms with Crippen LogP contribution in [0.5, 0.6) is 11.5 Å². The van der Waals surface area contributed by atoms with E-state index in [2.05, 4.69) is 99.5 Å². The lowest BCUT2D eigenvalue weighted by molar-refractivity contribution is -0.940. The van der Waals surface area contributed by atoms with Crippen molar-refractivity contribution >= 4 is 38.5 Å². The molecule has 36 heavy (non-hydrogen) atoms. The van der Waals surface area contributed by atoms with Gasteiger partial charge in [-0.3, -0.25) is 4.98 Å². The number of benzene rings is 3. The molecule has 0 saturated heterocycles. The van der Waals surface area contributed by atoms with E-state index in [9.17, 15) is 0 Å². The third kappa shape index (κ3) is 1.59. The van der Waals surface area contributed by atoms with Crippen LogP contribution in [0.1, 0.15) is 16.7 Å². The summed E-state index contributed by atoms with van der Waals surface area (Å²) in [6, 6.07) is 28.3. The molecule has 3 aliphatic rings. The maximum Gasteiger partial charge on any atom is 0.372 e. The Kier molecular flexibility index (Phi) is 2.64. The lowest BCUT2D eigenvalue weighted by Crippen LogP contribution is -2.71. The molecule has 5 heteroatoms. The van der Waals surface area contributed by atoms with E-state index in [1.165, 1.54) is 50.0 Å². The van der Waals surface area contributed by atoms with Gasteiger partial charge in [-0.15, -0.1) is 9.13 Å². The highest BCUT2D eigenvalue weighted by molar-refractivity contribution is 6.14. The van der Waals surface area contributed by atoms with E-state index < -0.39 is 5.66 Å². The number of nitrogens with zero attached hydrogens (tertiary/aromatic N) is 4. The second-order valence-corrected chi connectivity index (χ2v) is 10.1. The first-order valence-corrected chi connectivity index (χ1v) is 12.3. The zero-order valence-corrected chi connectivity index (χ0v) is 19.4. The molecule has 5 nitrogen and oxygen atoms in total. The number of pyridine rings is 3. The highest BCUT2D eigenvalue weighted by Gasteiger charge is 2.68. The van der Waals surface area contributed by atoms with E-state index in [-0.39, 0.29) is 0 Å². The standard InChI is InChI=1S/C31H18N4O/c1-17-13-15-33-23(16-17)18-6-4-10-24-27(18)31(33)28-25(36-24)12-11-19-26(28)30-34(22-9-5-14-32-29(19)22)20-7-2-3-8-21(20)35(30)31/h2-16H,1H3/q+2. The van der Waals surface area contributed by atoms with Crippen molar-refractivity contribution in [3.05, 3.63) is 108 Å². The molecule has 1 atom stereocenters. The largest absolute Gasteiger partial charge is 0.456 e. The number of hydrogen-bond donors (Lipinski definition) is 0. The predicted molar refractivity (Wildman–Crippen MR) is 136 cm³/mol. The van der Waals surface area contributed by atoms with Crippen LogP contribution in [0.2, 0.25) is 0 Å². The fraction of sp³-hybridized carbons (Fsp3) is 0.0645. The molecule has 1 unspecified atom stereocenters. The molecule has 0 amide bonds. The van der Waals surface area contributed by atoms with E-state index >= 15 is 0 Å². The van der Waals surface area contributed by atoms with E-state index in [0.717, 1.165) is 27.9 Å². The van der Waals surface area contributed by atoms with Crippen molar-refractivity contribution in [3.8, 4) is 22.8 Å². The third-order valence-corrected chi connectivity index (χ3v) is 8.46. The molecule has 0 bridgehead atoms. The van der Waals surface area contributed by atoms with Crippen molar-refractivity contribution in [3.63, 3.8) is 0 Å². The first-order chi connectivity index (χ1) is 17.8. The first-order valence-electron chi connectivity index (χ1n) is 12.3. The lowest BCUT2D eigenvalue weighted by Gasteiger charge is -2.28. The zero-order chi connectivity index (χ0) is 23.3. The summed E-state index contributed by atoms with van der Waals surface area (Å²) in [5, 5.41) is 2.38. The Hall–Kier alpha value is -4.77. The van der Waals surface area contributed by atoms with Crippen LogP contribution in [0, 0.1) is 6.92 Å². The van der Waals surface area contributed by atoms with Gasteiger partial charge in [0.25, 0.3) is 0 Å². The summed E-state index contributed by atoms with van der Waals surface area (Å²) in [4.78, 5) is 4.89. The number of para-hydroxylation sites is 2. The Morgan fingerprint density at radius 3 is 2.72 bits per heavy atom. The number of ether oxygens (including phenoxy) is 1. The SMILES string of the molecule is Cc1cc[n+]2c(c1)-c1cccc3c1C21c2c(ccc4c5ncccc5n5c6ccccc6[n+]1c5c24)O3. The van der Waals surface area contributed by atoms with Crippen LogP contribution >= 0.6 is 0 Å². The van der Waals surface area contributed by atoms with Crippen LogP contribution in [0.4, 0.5) is 0 Å². The zero-order valence-electron chi connectivity index (χ0n) is 19.4. The molecule has 7 heterocycles. The van der Waals surface area contributed by atoms with E-state index in [0.29, 0.717) is 0 Å². The fourth-order valence-electron chi connectivity index (χ4n) is 7.29. The number of aryl methyl sites for hydroxylation is 1. The highest BCUT2D eigenvalue weighted by Crippen LogP contribution is 2.57. The molecule has 0 aliphatic carbocycles. The summed E-state index contributed by atoms with van der Waals surface area (Å²) < 4.78 is 14.1. The average molecular weight is 463 g/mol. The molecule has 166 valence electrons. The van der Waals surface area contributed by atoms with Gasteiger partial charge in [0.05, 0.1) is 10.9 Å². The number of aromatic nitrogens is 4. The maximum absolute atomic E-state index is 6.68. The minimum atomic E-state index is -0.573. The minimum Gasteiger partial charge on any atom is -0.456 e. The van der Waals surface area contributed by atoms with Crippen LogP contribution < -0.4 is 13.9 Å². The summed E-state index contributed by atoms with van der Waals surface area (Å²) >= 11 is 0. The van der Waals surface area contributed by atoms with Crippen LogP contribution in [0.25, 0.3) is 49.7 Å². The molecule has 7 aromatic rings. The molecule has 0 radical (unpaired) electrons. The fourth-order valence-corrected chi connectivity index (χ4v) is 7.29. The third-order valence-electron chi connectivity index (χ3n) is 8.46. The van der Waals surface area contributed by atoms with Gasteiger partial charge < -0.3 is 4.74 Å². The average Bonchev–Trinajstić information content (AvgIpc) is 3.52. The lowest BCUT2D eigenvalue weighted by atomic mass is 9.86. The topological polar surface area (TPSA) is 34.3 Å². The highest BCUT2D eigenvalue weighted by atomic mass is 16.5. The second kappa shape index (κ2) is 5.39. The molecular formula is C31H18N4O+2. The van der Waals surface area contributed by atoms with Gasteiger partial charge in [-0.05, 0) is 61.0 Å². The number of fused-ring (bicyclic) bond motifs is 8. The van der Waals surface area contributed by atoms with Gasteiger partial charge in [0.2, 0.25) is 5.69 Å². The maximum atomic E-state index is 6.68. The monoisotopic (exact) mass is 462 g/mol. The summed E-state index contributed by atoms with van der Waals surface area (Å²) in [5.74, 6) is 1.84. The van der Waals surface area contributed by atoms with E-state index in [4.69, 9.17) is 9.72 Å². The minimum absolute atomic E-state index is 0.573. The Morgan fingerprint density at radius 2 is 1.75 bits per heavy atom. The summed E-state index contributed by atoms with van der Waals surface area (Å²) in [6.07, 6.45) is 4.16. The van der Waals surface area contributed by atoms with Gasteiger partial charge in [0.15, 0.2) is 22.7 Å². The van der Waals surface area contributed by atoms with Gasteiger partial charge in [-0.2, -0.15) is 4.40 Å². The summed E-state index contributed by atoms with van der Waals surface area (Å²) in [6.45, 7) is 2.17. The predicted octanol–water partition coefficient (Wildman–Crippen LogP) is 5.37. The first kappa shape index (κ1) is 17.6. The van der Waals surface area contributed by atoms with Crippen LogP contribution in [-0.4, -0.2) is 9.38 Å². The van der Waals surface area contributed by atoms with Crippen molar-refractivity contribution in [1.82, 2.24) is 9.38 Å². The van der Waals surface area contributed by atoms with E-state index in [1.54, 1.807) is 0 Å². The van der Waals surface area contributed by atoms with Crippen LogP contribution in [0.15, 0.2) is 91.3 Å². The van der Waals surface area contributed by atoms with Crippen molar-refractivity contribution in [1.29, 1.82) is 0 Å². The smallest absolute Gasteiger partial charge is 0.372 e. The number of rotatable bonds is 0. The molecule has 1 spiro atoms. The molecule has 0 saturated carbocycles. The summed E-state index contributed by atoms with van der Waals surface area (Å²) in [7, 11) is 0. The molecular weight excluding hydrogens is 444 g/mol. The Labute approximate surface area is 205 Å². The normalized spacial score (nSPS) is 17.9. The van der Waals surface area contributed by atoms with Crippen molar-refractivity contribution in [2.75, 3.05) is 0 Å². The molecule has 3 aromatic carbocycles. The van der Waals surface area contributed by atoms with Gasteiger partial charge in [0, 0.05) is 23.7 Å².